The summed E-state index contributed by atoms with van der Waals surface area (Å²) in [5.74, 6) is 0.556. The first-order chi connectivity index (χ1) is 17.6. The number of nitrogens with one attached hydrogen (secondary N) is 3. The Hall–Kier alpha value is -4.26. The molecular formula is C29H31N3O4. The molecule has 1 aromatic heterocycles. The van der Waals surface area contributed by atoms with Gasteiger partial charge in [0.25, 0.3) is 5.91 Å². The Morgan fingerprint density at radius 1 is 0.833 bits per heavy atom. The van der Waals surface area contributed by atoms with E-state index in [1.165, 1.54) is 10.9 Å². The molecule has 186 valence electrons. The van der Waals surface area contributed by atoms with Crippen molar-refractivity contribution in [2.45, 2.75) is 33.1 Å². The summed E-state index contributed by atoms with van der Waals surface area (Å²) in [7, 11) is 0. The molecule has 36 heavy (non-hydrogen) atoms. The Kier molecular flexibility index (Phi) is 8.24. The first-order valence-corrected chi connectivity index (χ1v) is 12.2. The van der Waals surface area contributed by atoms with Crippen LogP contribution in [0.25, 0.3) is 10.9 Å². The summed E-state index contributed by atoms with van der Waals surface area (Å²) < 4.78 is 11.6. The standard InChI is InChI=1S/C29H31N3O4/c1-3-35-26-18-25(32-29(34)20-11-6-5-7-12-20)27(36-4-2)17-24(26)31-28(33)16-10-13-21-19-30-23-15-9-8-14-22(21)23/h5-9,11-12,14-15,17-19,30H,3-4,10,13,16H2,1-2H3,(H,31,33)(H,32,34). The lowest BCUT2D eigenvalue weighted by Gasteiger charge is -2.18. The smallest absolute Gasteiger partial charge is 0.255 e. The van der Waals surface area contributed by atoms with E-state index in [-0.39, 0.29) is 11.8 Å². The van der Waals surface area contributed by atoms with E-state index < -0.39 is 0 Å². The molecule has 0 radical (unpaired) electrons. The van der Waals surface area contributed by atoms with Crippen LogP contribution >= 0.6 is 0 Å². The maximum absolute atomic E-state index is 12.8. The third-order valence-corrected chi connectivity index (χ3v) is 5.76. The van der Waals surface area contributed by atoms with Gasteiger partial charge in [0.2, 0.25) is 5.91 Å². The molecular weight excluding hydrogens is 454 g/mol. The van der Waals surface area contributed by atoms with Crippen molar-refractivity contribution in [3.05, 3.63) is 84.1 Å². The quantitative estimate of drug-likeness (QED) is 0.237. The molecule has 0 aliphatic heterocycles. The number of amides is 2. The van der Waals surface area contributed by atoms with Gasteiger partial charge in [-0.25, -0.2) is 0 Å². The predicted octanol–water partition coefficient (Wildman–Crippen LogP) is 6.18. The first kappa shape index (κ1) is 24.9. The summed E-state index contributed by atoms with van der Waals surface area (Å²) in [5.41, 5.74) is 3.82. The van der Waals surface area contributed by atoms with Crippen LogP contribution in [0.5, 0.6) is 11.5 Å². The Morgan fingerprint density at radius 2 is 1.47 bits per heavy atom. The van der Waals surface area contributed by atoms with Crippen molar-refractivity contribution in [1.29, 1.82) is 0 Å². The van der Waals surface area contributed by atoms with E-state index in [9.17, 15) is 9.59 Å². The molecule has 0 saturated carbocycles. The van der Waals surface area contributed by atoms with Crippen LogP contribution in [0.4, 0.5) is 11.4 Å². The number of carbonyl (C=O) groups excluding carboxylic acids is 2. The lowest BCUT2D eigenvalue weighted by atomic mass is 10.1. The van der Waals surface area contributed by atoms with Gasteiger partial charge in [0.1, 0.15) is 11.5 Å². The van der Waals surface area contributed by atoms with Crippen LogP contribution in [0, 0.1) is 0 Å². The van der Waals surface area contributed by atoms with Gasteiger partial charge in [0, 0.05) is 41.2 Å². The largest absolute Gasteiger partial charge is 0.492 e. The third-order valence-electron chi connectivity index (χ3n) is 5.76. The minimum absolute atomic E-state index is 0.112. The van der Waals surface area contributed by atoms with E-state index >= 15 is 0 Å². The van der Waals surface area contributed by atoms with Gasteiger partial charge >= 0.3 is 0 Å². The topological polar surface area (TPSA) is 92.4 Å². The zero-order valence-corrected chi connectivity index (χ0v) is 20.6. The number of aromatic amines is 1. The summed E-state index contributed by atoms with van der Waals surface area (Å²) in [4.78, 5) is 28.8. The monoisotopic (exact) mass is 485 g/mol. The number of benzene rings is 3. The number of hydrogen-bond donors (Lipinski definition) is 3. The van der Waals surface area contributed by atoms with Crippen LogP contribution in [-0.2, 0) is 11.2 Å². The molecule has 1 heterocycles. The highest BCUT2D eigenvalue weighted by Gasteiger charge is 2.17. The lowest BCUT2D eigenvalue weighted by Crippen LogP contribution is -2.15. The highest BCUT2D eigenvalue weighted by atomic mass is 16.5. The SMILES string of the molecule is CCOc1cc(NC(=O)c2ccccc2)c(OCC)cc1NC(=O)CCCc1c[nH]c2ccccc12. The summed E-state index contributed by atoms with van der Waals surface area (Å²) in [6.45, 7) is 4.54. The molecule has 4 aromatic rings. The van der Waals surface area contributed by atoms with Gasteiger partial charge in [-0.05, 0) is 50.5 Å². The highest BCUT2D eigenvalue weighted by molar-refractivity contribution is 6.05. The number of hydrogen-bond acceptors (Lipinski definition) is 4. The number of aromatic nitrogens is 1. The van der Waals surface area contributed by atoms with Crippen molar-refractivity contribution in [3.8, 4) is 11.5 Å². The van der Waals surface area contributed by atoms with E-state index in [1.54, 1.807) is 36.4 Å². The van der Waals surface area contributed by atoms with E-state index in [1.807, 2.05) is 44.3 Å². The second kappa shape index (κ2) is 11.9. The minimum atomic E-state index is -0.256. The van der Waals surface area contributed by atoms with Crippen LogP contribution in [-0.4, -0.2) is 30.0 Å². The Labute approximate surface area is 210 Å². The van der Waals surface area contributed by atoms with Crippen molar-refractivity contribution in [1.82, 2.24) is 4.98 Å². The summed E-state index contributed by atoms with van der Waals surface area (Å²) >= 11 is 0. The molecule has 0 aliphatic carbocycles. The second-order valence-electron chi connectivity index (χ2n) is 8.29. The molecule has 4 rings (SSSR count). The molecule has 2 amide bonds. The molecule has 7 nitrogen and oxygen atoms in total. The fraction of sp³-hybridized carbons (Fsp3) is 0.241. The summed E-state index contributed by atoms with van der Waals surface area (Å²) in [5, 5.41) is 7.04. The zero-order valence-electron chi connectivity index (χ0n) is 20.6. The number of ether oxygens (including phenoxy) is 2. The summed E-state index contributed by atoms with van der Waals surface area (Å²) in [6, 6.07) is 20.5. The van der Waals surface area contributed by atoms with Gasteiger partial charge in [-0.3, -0.25) is 9.59 Å². The zero-order chi connectivity index (χ0) is 25.3. The van der Waals surface area contributed by atoms with Crippen LogP contribution < -0.4 is 20.1 Å². The van der Waals surface area contributed by atoms with Crippen LogP contribution in [0.3, 0.4) is 0 Å². The molecule has 0 unspecified atom stereocenters. The van der Waals surface area contributed by atoms with Crippen LogP contribution in [0.2, 0.25) is 0 Å². The van der Waals surface area contributed by atoms with E-state index in [2.05, 4.69) is 21.7 Å². The fourth-order valence-electron chi connectivity index (χ4n) is 4.08. The maximum Gasteiger partial charge on any atom is 0.255 e. The van der Waals surface area contributed by atoms with Crippen LogP contribution in [0.1, 0.15) is 42.6 Å². The van der Waals surface area contributed by atoms with Gasteiger partial charge in [-0.2, -0.15) is 0 Å². The number of H-pyrrole nitrogens is 1. The number of carbonyl (C=O) groups is 2. The lowest BCUT2D eigenvalue weighted by molar-refractivity contribution is -0.116. The number of fused-ring (bicyclic) bond motifs is 1. The van der Waals surface area contributed by atoms with Crippen molar-refractivity contribution < 1.29 is 19.1 Å². The third kappa shape index (κ3) is 6.05. The van der Waals surface area contributed by atoms with Gasteiger partial charge in [0.05, 0.1) is 24.6 Å². The van der Waals surface area contributed by atoms with E-state index in [0.717, 1.165) is 11.9 Å². The Bertz CT molecular complexity index is 1330. The number of aryl methyl sites for hydroxylation is 1. The second-order valence-corrected chi connectivity index (χ2v) is 8.29. The number of para-hydroxylation sites is 1. The van der Waals surface area contributed by atoms with Gasteiger partial charge in [0.15, 0.2) is 0 Å². The Balaban J connectivity index is 1.46. The number of rotatable bonds is 11. The van der Waals surface area contributed by atoms with Crippen molar-refractivity contribution in [2.75, 3.05) is 23.8 Å². The molecule has 0 bridgehead atoms. The fourth-order valence-corrected chi connectivity index (χ4v) is 4.08. The van der Waals surface area contributed by atoms with Crippen molar-refractivity contribution in [3.63, 3.8) is 0 Å². The highest BCUT2D eigenvalue weighted by Crippen LogP contribution is 2.37. The molecule has 0 spiro atoms. The number of anilines is 2. The van der Waals surface area contributed by atoms with Gasteiger partial charge in [-0.15, -0.1) is 0 Å². The summed E-state index contributed by atoms with van der Waals surface area (Å²) in [6.07, 6.45) is 3.87. The first-order valence-electron chi connectivity index (χ1n) is 12.2. The normalized spacial score (nSPS) is 10.7. The van der Waals surface area contributed by atoms with Gasteiger partial charge < -0.3 is 25.1 Å². The molecule has 7 heteroatoms. The van der Waals surface area contributed by atoms with Gasteiger partial charge in [-0.1, -0.05) is 36.4 Å². The molecule has 3 N–H and O–H groups in total. The van der Waals surface area contributed by atoms with E-state index in [4.69, 9.17) is 9.47 Å². The molecule has 0 aliphatic rings. The predicted molar refractivity (Wildman–Crippen MR) is 143 cm³/mol. The molecule has 0 saturated heterocycles. The van der Waals surface area contributed by atoms with Crippen molar-refractivity contribution in [2.24, 2.45) is 0 Å². The molecule has 0 atom stereocenters. The van der Waals surface area contributed by atoms with Crippen molar-refractivity contribution >= 4 is 34.1 Å². The minimum Gasteiger partial charge on any atom is -0.492 e. The average Bonchev–Trinajstić information content (AvgIpc) is 3.30. The maximum atomic E-state index is 12.8. The molecule has 3 aromatic carbocycles. The molecule has 0 fully saturated rings. The Morgan fingerprint density at radius 3 is 2.17 bits per heavy atom. The van der Waals surface area contributed by atoms with Crippen LogP contribution in [0.15, 0.2) is 72.9 Å². The van der Waals surface area contributed by atoms with E-state index in [0.29, 0.717) is 54.5 Å². The average molecular weight is 486 g/mol.